The van der Waals surface area contributed by atoms with Crippen LogP contribution in [0.3, 0.4) is 0 Å². The van der Waals surface area contributed by atoms with Gasteiger partial charge in [0.05, 0.1) is 0 Å². The van der Waals surface area contributed by atoms with Gasteiger partial charge in [0.25, 0.3) is 5.91 Å². The van der Waals surface area contributed by atoms with E-state index in [1.165, 1.54) is 11.8 Å². The lowest BCUT2D eigenvalue weighted by molar-refractivity contribution is -0.144. The summed E-state index contributed by atoms with van der Waals surface area (Å²) < 4.78 is 0. The van der Waals surface area contributed by atoms with Crippen LogP contribution in [0, 0.1) is 5.41 Å². The number of carbonyl (C=O) groups excluding carboxylic acids is 3. The van der Waals surface area contributed by atoms with E-state index in [0.717, 1.165) is 11.8 Å². The van der Waals surface area contributed by atoms with E-state index in [9.17, 15) is 19.5 Å². The third-order valence-electron chi connectivity index (χ3n) is 2.83. The Morgan fingerprint density at radius 1 is 1.29 bits per heavy atom. The quantitative estimate of drug-likeness (QED) is 0.673. The molecule has 7 heteroatoms. The maximum atomic E-state index is 11.9. The van der Waals surface area contributed by atoms with Crippen LogP contribution in [0.2, 0.25) is 0 Å². The van der Waals surface area contributed by atoms with Gasteiger partial charge in [-0.2, -0.15) is 0 Å². The largest absolute Gasteiger partial charge is 0.383 e. The van der Waals surface area contributed by atoms with Crippen molar-refractivity contribution in [3.8, 4) is 0 Å². The average molecular weight is 318 g/mol. The molecule has 0 aromatic carbocycles. The molecule has 6 nitrogen and oxygen atoms in total. The lowest BCUT2D eigenvalue weighted by Crippen LogP contribution is -2.44. The Kier molecular flexibility index (Phi) is 8.58. The second kappa shape index (κ2) is 9.04. The predicted octanol–water partition coefficient (Wildman–Crippen LogP) is 0.638. The first-order valence-corrected chi connectivity index (χ1v) is 7.87. The topological polar surface area (TPSA) is 86.7 Å². The van der Waals surface area contributed by atoms with Crippen molar-refractivity contribution in [2.45, 2.75) is 40.2 Å². The molecular weight excluding hydrogens is 292 g/mol. The minimum absolute atomic E-state index is 0.0192. The van der Waals surface area contributed by atoms with Gasteiger partial charge in [-0.05, 0) is 5.41 Å². The number of carbonyl (C=O) groups is 3. The Hall–Kier alpha value is -1.08. The van der Waals surface area contributed by atoms with Crippen LogP contribution in [0.25, 0.3) is 0 Å². The number of amides is 2. The molecule has 0 bridgehead atoms. The number of aliphatic hydroxyl groups excluding tert-OH is 1. The fourth-order valence-electron chi connectivity index (χ4n) is 1.43. The van der Waals surface area contributed by atoms with Gasteiger partial charge in [-0.15, -0.1) is 0 Å². The van der Waals surface area contributed by atoms with Crippen molar-refractivity contribution >= 4 is 28.7 Å². The number of likely N-dealkylation sites (N-methyl/N-ethyl adjacent to an activating group) is 1. The van der Waals surface area contributed by atoms with Crippen LogP contribution in [-0.4, -0.2) is 58.9 Å². The molecule has 0 spiro atoms. The molecular formula is C14H26N2O4S. The number of nitrogens with one attached hydrogen (secondary N) is 1. The SMILES string of the molecule is CC(=O)SCCNC(=O)CCN(C)C(=O)[C@H](O)C(C)(C)C. The molecule has 0 aromatic heterocycles. The van der Waals surface area contributed by atoms with E-state index >= 15 is 0 Å². The highest BCUT2D eigenvalue weighted by Gasteiger charge is 2.31. The van der Waals surface area contributed by atoms with Crippen LogP contribution in [0.15, 0.2) is 0 Å². The summed E-state index contributed by atoms with van der Waals surface area (Å²) in [5.41, 5.74) is -0.530. The molecule has 1 atom stereocenters. The van der Waals surface area contributed by atoms with E-state index in [1.807, 2.05) is 0 Å². The Morgan fingerprint density at radius 2 is 1.86 bits per heavy atom. The number of hydrogen-bond acceptors (Lipinski definition) is 5. The molecule has 2 amide bonds. The van der Waals surface area contributed by atoms with E-state index in [1.54, 1.807) is 27.8 Å². The Morgan fingerprint density at radius 3 is 2.33 bits per heavy atom. The number of aliphatic hydroxyl groups is 1. The second-order valence-corrected chi connectivity index (χ2v) is 7.24. The first kappa shape index (κ1) is 19.9. The Labute approximate surface area is 130 Å². The molecule has 0 radical (unpaired) electrons. The molecule has 0 rings (SSSR count). The highest BCUT2D eigenvalue weighted by Crippen LogP contribution is 2.20. The number of rotatable bonds is 7. The Balaban J connectivity index is 4.02. The van der Waals surface area contributed by atoms with Crippen molar-refractivity contribution in [2.24, 2.45) is 5.41 Å². The van der Waals surface area contributed by atoms with E-state index in [2.05, 4.69) is 5.32 Å². The average Bonchev–Trinajstić information content (AvgIpc) is 2.37. The zero-order valence-electron chi connectivity index (χ0n) is 13.4. The van der Waals surface area contributed by atoms with Gasteiger partial charge in [-0.1, -0.05) is 32.5 Å². The highest BCUT2D eigenvalue weighted by molar-refractivity contribution is 8.13. The van der Waals surface area contributed by atoms with Crippen molar-refractivity contribution in [3.63, 3.8) is 0 Å². The van der Waals surface area contributed by atoms with Crippen LogP contribution in [0.1, 0.15) is 34.1 Å². The first-order chi connectivity index (χ1) is 9.55. The van der Waals surface area contributed by atoms with E-state index in [-0.39, 0.29) is 29.9 Å². The van der Waals surface area contributed by atoms with Gasteiger partial charge in [0.2, 0.25) is 5.91 Å². The first-order valence-electron chi connectivity index (χ1n) is 6.88. The van der Waals surface area contributed by atoms with Gasteiger partial charge in [0.15, 0.2) is 5.12 Å². The standard InChI is InChI=1S/C14H26N2O4S/c1-10(17)21-9-7-15-11(18)6-8-16(5)13(20)12(19)14(2,3)4/h12,19H,6-9H2,1-5H3,(H,15,18)/t12-/m0/s1. The third kappa shape index (κ3) is 8.72. The molecule has 0 saturated heterocycles. The molecule has 0 aliphatic carbocycles. The van der Waals surface area contributed by atoms with Crippen LogP contribution in [0.5, 0.6) is 0 Å². The summed E-state index contributed by atoms with van der Waals surface area (Å²) in [4.78, 5) is 35.6. The third-order valence-corrected chi connectivity index (χ3v) is 3.65. The summed E-state index contributed by atoms with van der Waals surface area (Å²) in [7, 11) is 1.57. The summed E-state index contributed by atoms with van der Waals surface area (Å²) in [6.07, 6.45) is -0.915. The van der Waals surface area contributed by atoms with Crippen LogP contribution in [-0.2, 0) is 14.4 Å². The number of hydrogen-bond donors (Lipinski definition) is 2. The lowest BCUT2D eigenvalue weighted by atomic mass is 9.88. The van der Waals surface area contributed by atoms with Crippen molar-refractivity contribution < 1.29 is 19.5 Å². The molecule has 0 aliphatic heterocycles. The maximum absolute atomic E-state index is 11.9. The minimum atomic E-state index is -1.09. The summed E-state index contributed by atoms with van der Waals surface area (Å²) in [6.45, 7) is 7.49. The fourth-order valence-corrected chi connectivity index (χ4v) is 1.92. The molecule has 0 saturated carbocycles. The van der Waals surface area contributed by atoms with E-state index in [4.69, 9.17) is 0 Å². The van der Waals surface area contributed by atoms with E-state index in [0.29, 0.717) is 12.3 Å². The van der Waals surface area contributed by atoms with Gasteiger partial charge in [0, 0.05) is 39.2 Å². The summed E-state index contributed by atoms with van der Waals surface area (Å²) in [6, 6.07) is 0. The van der Waals surface area contributed by atoms with Crippen molar-refractivity contribution in [2.75, 3.05) is 25.9 Å². The molecule has 2 N–H and O–H groups in total. The summed E-state index contributed by atoms with van der Waals surface area (Å²) in [5.74, 6) is -0.0232. The highest BCUT2D eigenvalue weighted by atomic mass is 32.2. The van der Waals surface area contributed by atoms with Gasteiger partial charge < -0.3 is 15.3 Å². The normalized spacial score (nSPS) is 12.7. The Bertz CT molecular complexity index is 380. The van der Waals surface area contributed by atoms with Crippen molar-refractivity contribution in [1.29, 1.82) is 0 Å². The fraction of sp³-hybridized carbons (Fsp3) is 0.786. The molecule has 0 aliphatic rings. The van der Waals surface area contributed by atoms with Crippen molar-refractivity contribution in [1.82, 2.24) is 10.2 Å². The van der Waals surface area contributed by atoms with Crippen LogP contribution in [0.4, 0.5) is 0 Å². The predicted molar refractivity (Wildman–Crippen MR) is 83.9 cm³/mol. The number of nitrogens with zero attached hydrogens (tertiary/aromatic N) is 1. The second-order valence-electron chi connectivity index (χ2n) is 5.97. The lowest BCUT2D eigenvalue weighted by Gasteiger charge is -2.28. The minimum Gasteiger partial charge on any atom is -0.383 e. The van der Waals surface area contributed by atoms with Crippen LogP contribution < -0.4 is 5.32 Å². The van der Waals surface area contributed by atoms with E-state index < -0.39 is 11.5 Å². The van der Waals surface area contributed by atoms with Crippen LogP contribution >= 0.6 is 11.8 Å². The smallest absolute Gasteiger partial charge is 0.251 e. The van der Waals surface area contributed by atoms with Gasteiger partial charge in [-0.3, -0.25) is 14.4 Å². The number of thioether (sulfide) groups is 1. The summed E-state index contributed by atoms with van der Waals surface area (Å²) >= 11 is 1.16. The van der Waals surface area contributed by atoms with Gasteiger partial charge in [0.1, 0.15) is 6.10 Å². The summed E-state index contributed by atoms with van der Waals surface area (Å²) in [5, 5.41) is 12.6. The van der Waals surface area contributed by atoms with Gasteiger partial charge >= 0.3 is 0 Å². The zero-order chi connectivity index (χ0) is 16.6. The maximum Gasteiger partial charge on any atom is 0.251 e. The molecule has 0 unspecified atom stereocenters. The monoisotopic (exact) mass is 318 g/mol. The molecule has 0 fully saturated rings. The zero-order valence-corrected chi connectivity index (χ0v) is 14.2. The molecule has 122 valence electrons. The van der Waals surface area contributed by atoms with Crippen molar-refractivity contribution in [3.05, 3.63) is 0 Å². The molecule has 0 aromatic rings. The van der Waals surface area contributed by atoms with Gasteiger partial charge in [-0.25, -0.2) is 0 Å². The molecule has 0 heterocycles. The molecule has 21 heavy (non-hydrogen) atoms.